The number of hydrogen-bond donors (Lipinski definition) is 1. The molecule has 2 heterocycles. The van der Waals surface area contributed by atoms with E-state index in [1.165, 1.54) is 64.5 Å². The maximum Gasteiger partial charge on any atom is 0.0358 e. The van der Waals surface area contributed by atoms with Crippen LogP contribution < -0.4 is 5.73 Å². The third-order valence-electron chi connectivity index (χ3n) is 6.96. The normalized spacial score (nSPS) is 37.9. The minimum Gasteiger partial charge on any atom is -0.329 e. The van der Waals surface area contributed by atoms with E-state index in [0.29, 0.717) is 5.41 Å². The lowest BCUT2D eigenvalue weighted by Crippen LogP contribution is -2.62. The Morgan fingerprint density at radius 2 is 1.81 bits per heavy atom. The van der Waals surface area contributed by atoms with Gasteiger partial charge in [0.05, 0.1) is 0 Å². The lowest BCUT2D eigenvalue weighted by atomic mass is 9.73. The number of nitrogens with zero attached hydrogens (tertiary/aromatic N) is 2. The summed E-state index contributed by atoms with van der Waals surface area (Å²) < 4.78 is 0. The van der Waals surface area contributed by atoms with E-state index in [1.54, 1.807) is 0 Å². The number of hydrogen-bond acceptors (Lipinski definition) is 3. The third-order valence-corrected chi connectivity index (χ3v) is 6.96. The van der Waals surface area contributed by atoms with Crippen LogP contribution in [0.25, 0.3) is 0 Å². The Morgan fingerprint density at radius 3 is 2.48 bits per heavy atom. The van der Waals surface area contributed by atoms with Crippen LogP contribution in [0.15, 0.2) is 0 Å². The number of fused-ring (bicyclic) bond motifs is 1. The van der Waals surface area contributed by atoms with Crippen LogP contribution in [0.1, 0.15) is 65.2 Å². The highest BCUT2D eigenvalue weighted by Gasteiger charge is 2.45. The zero-order valence-corrected chi connectivity index (χ0v) is 14.4. The van der Waals surface area contributed by atoms with E-state index in [1.807, 2.05) is 0 Å². The van der Waals surface area contributed by atoms with Gasteiger partial charge in [-0.25, -0.2) is 0 Å². The van der Waals surface area contributed by atoms with Crippen LogP contribution in [0.5, 0.6) is 0 Å². The number of piperidine rings is 1. The molecule has 0 radical (unpaired) electrons. The molecule has 0 spiro atoms. The topological polar surface area (TPSA) is 32.5 Å². The minimum absolute atomic E-state index is 0.275. The van der Waals surface area contributed by atoms with E-state index < -0.39 is 0 Å². The van der Waals surface area contributed by atoms with Crippen LogP contribution >= 0.6 is 0 Å². The molecule has 21 heavy (non-hydrogen) atoms. The van der Waals surface area contributed by atoms with Crippen molar-refractivity contribution in [3.8, 4) is 0 Å². The molecule has 122 valence electrons. The molecule has 2 saturated heterocycles. The summed E-state index contributed by atoms with van der Waals surface area (Å²) in [5.41, 5.74) is 7.15. The van der Waals surface area contributed by atoms with Crippen LogP contribution in [0.2, 0.25) is 0 Å². The Hall–Kier alpha value is -0.120. The highest BCUT2D eigenvalue weighted by Crippen LogP contribution is 2.42. The molecular weight excluding hydrogens is 258 g/mol. The van der Waals surface area contributed by atoms with E-state index >= 15 is 0 Å². The van der Waals surface area contributed by atoms with Gasteiger partial charge in [0.25, 0.3) is 0 Å². The van der Waals surface area contributed by atoms with Gasteiger partial charge in [0, 0.05) is 30.7 Å². The van der Waals surface area contributed by atoms with Crippen molar-refractivity contribution in [1.29, 1.82) is 0 Å². The van der Waals surface area contributed by atoms with Gasteiger partial charge in [-0.3, -0.25) is 4.90 Å². The van der Waals surface area contributed by atoms with Crippen molar-refractivity contribution >= 4 is 0 Å². The van der Waals surface area contributed by atoms with Gasteiger partial charge < -0.3 is 10.6 Å². The molecular formula is C18H35N3. The van der Waals surface area contributed by atoms with Crippen LogP contribution in [-0.4, -0.2) is 54.1 Å². The van der Waals surface area contributed by atoms with Crippen LogP contribution in [-0.2, 0) is 0 Å². The summed E-state index contributed by atoms with van der Waals surface area (Å²) in [5, 5.41) is 0. The van der Waals surface area contributed by atoms with Gasteiger partial charge in [-0.15, -0.1) is 0 Å². The molecule has 3 nitrogen and oxygen atoms in total. The van der Waals surface area contributed by atoms with Crippen molar-refractivity contribution in [2.45, 2.75) is 82.8 Å². The lowest BCUT2D eigenvalue weighted by molar-refractivity contribution is -0.0173. The third kappa shape index (κ3) is 3.02. The molecule has 2 aliphatic heterocycles. The molecule has 3 heteroatoms. The Balaban J connectivity index is 1.68. The second-order valence-corrected chi connectivity index (χ2v) is 8.72. The molecule has 0 amide bonds. The molecule has 2 unspecified atom stereocenters. The van der Waals surface area contributed by atoms with Crippen molar-refractivity contribution in [2.75, 3.05) is 26.7 Å². The van der Waals surface area contributed by atoms with E-state index in [4.69, 9.17) is 5.73 Å². The Kier molecular flexibility index (Phi) is 4.37. The predicted molar refractivity (Wildman–Crippen MR) is 89.4 cm³/mol. The molecule has 2 N–H and O–H groups in total. The molecule has 2 atom stereocenters. The van der Waals surface area contributed by atoms with Crippen LogP contribution in [0.3, 0.4) is 0 Å². The molecule has 3 fully saturated rings. The van der Waals surface area contributed by atoms with E-state index in [-0.39, 0.29) is 5.54 Å². The van der Waals surface area contributed by atoms with Crippen molar-refractivity contribution < 1.29 is 0 Å². The second kappa shape index (κ2) is 5.82. The van der Waals surface area contributed by atoms with E-state index in [0.717, 1.165) is 18.6 Å². The molecule has 3 aliphatic rings. The number of nitrogens with two attached hydrogens (primary N) is 1. The second-order valence-electron chi connectivity index (χ2n) is 8.72. The summed E-state index contributed by atoms with van der Waals surface area (Å²) in [6, 6.07) is 1.57. The van der Waals surface area contributed by atoms with Gasteiger partial charge in [-0.2, -0.15) is 0 Å². The minimum atomic E-state index is 0.275. The fourth-order valence-corrected chi connectivity index (χ4v) is 5.12. The summed E-state index contributed by atoms with van der Waals surface area (Å²) in [7, 11) is 2.38. The van der Waals surface area contributed by atoms with Crippen LogP contribution in [0, 0.1) is 5.41 Å². The first kappa shape index (κ1) is 15.8. The maximum atomic E-state index is 6.32. The highest BCUT2D eigenvalue weighted by atomic mass is 15.3. The summed E-state index contributed by atoms with van der Waals surface area (Å²) >= 11 is 0. The number of likely N-dealkylation sites (N-methyl/N-ethyl adjacent to an activating group) is 1. The predicted octanol–water partition coefficient (Wildman–Crippen LogP) is 2.84. The van der Waals surface area contributed by atoms with Crippen molar-refractivity contribution in [2.24, 2.45) is 11.1 Å². The van der Waals surface area contributed by atoms with Crippen molar-refractivity contribution in [3.63, 3.8) is 0 Å². The first-order valence-corrected chi connectivity index (χ1v) is 9.13. The van der Waals surface area contributed by atoms with Gasteiger partial charge in [0.1, 0.15) is 0 Å². The zero-order valence-electron chi connectivity index (χ0n) is 14.4. The van der Waals surface area contributed by atoms with Crippen LogP contribution in [0.4, 0.5) is 0 Å². The first-order chi connectivity index (χ1) is 9.96. The largest absolute Gasteiger partial charge is 0.329 e. The monoisotopic (exact) mass is 293 g/mol. The van der Waals surface area contributed by atoms with E-state index in [9.17, 15) is 0 Å². The first-order valence-electron chi connectivity index (χ1n) is 9.13. The highest BCUT2D eigenvalue weighted by molar-refractivity contribution is 5.03. The average molecular weight is 293 g/mol. The Bertz CT molecular complexity index is 357. The molecule has 1 aliphatic carbocycles. The quantitative estimate of drug-likeness (QED) is 0.868. The molecule has 0 aromatic carbocycles. The molecule has 0 aromatic heterocycles. The number of rotatable bonds is 3. The van der Waals surface area contributed by atoms with Gasteiger partial charge in [0.2, 0.25) is 0 Å². The SMILES string of the molecule is CN(C1CCC(C)(C)CC1)C1(CN)CCN2CCCC2C1. The summed E-state index contributed by atoms with van der Waals surface area (Å²) in [5.74, 6) is 0. The Morgan fingerprint density at radius 1 is 1.10 bits per heavy atom. The fraction of sp³-hybridized carbons (Fsp3) is 1.00. The summed E-state index contributed by atoms with van der Waals surface area (Å²) in [6.07, 6.45) is 10.8. The summed E-state index contributed by atoms with van der Waals surface area (Å²) in [4.78, 5) is 5.43. The smallest absolute Gasteiger partial charge is 0.0358 e. The zero-order chi connectivity index (χ0) is 15.1. The van der Waals surface area contributed by atoms with Gasteiger partial charge >= 0.3 is 0 Å². The Labute approximate surface area is 131 Å². The van der Waals surface area contributed by atoms with Gasteiger partial charge in [-0.05, 0) is 70.4 Å². The van der Waals surface area contributed by atoms with Gasteiger partial charge in [-0.1, -0.05) is 13.8 Å². The standard InChI is InChI=1S/C18H35N3/c1-17(2)8-6-15(7-9-17)20(3)18(14-19)10-12-21-11-4-5-16(21)13-18/h15-16H,4-14,19H2,1-3H3. The molecule has 0 aromatic rings. The fourth-order valence-electron chi connectivity index (χ4n) is 5.12. The summed E-state index contributed by atoms with van der Waals surface area (Å²) in [6.45, 7) is 8.29. The van der Waals surface area contributed by atoms with E-state index in [2.05, 4.69) is 30.7 Å². The van der Waals surface area contributed by atoms with Crippen molar-refractivity contribution in [1.82, 2.24) is 9.80 Å². The molecule has 1 saturated carbocycles. The molecule has 0 bridgehead atoms. The maximum absolute atomic E-state index is 6.32. The van der Waals surface area contributed by atoms with Crippen molar-refractivity contribution in [3.05, 3.63) is 0 Å². The average Bonchev–Trinajstić information content (AvgIpc) is 2.93. The van der Waals surface area contributed by atoms with Gasteiger partial charge in [0.15, 0.2) is 0 Å². The molecule has 3 rings (SSSR count). The lowest BCUT2D eigenvalue weighted by Gasteiger charge is -2.53.